The van der Waals surface area contributed by atoms with E-state index in [9.17, 15) is 4.79 Å². The minimum absolute atomic E-state index is 0.0162. The average Bonchev–Trinajstić information content (AvgIpc) is 2.32. The highest BCUT2D eigenvalue weighted by atomic mass is 16.5. The maximum Gasteiger partial charge on any atom is 0.246 e. The molecular formula is C13H16N2O2. The fraction of sp³-hybridized carbons (Fsp3) is 0.308. The summed E-state index contributed by atoms with van der Waals surface area (Å²) in [5.41, 5.74) is 6.59. The van der Waals surface area contributed by atoms with Crippen molar-refractivity contribution < 1.29 is 9.53 Å². The Labute approximate surface area is 101 Å². The van der Waals surface area contributed by atoms with E-state index in [0.717, 1.165) is 11.3 Å². The molecule has 4 heteroatoms. The number of hydrogen-bond acceptors (Lipinski definition) is 3. The van der Waals surface area contributed by atoms with E-state index in [1.54, 1.807) is 24.2 Å². The van der Waals surface area contributed by atoms with Gasteiger partial charge in [0.2, 0.25) is 5.91 Å². The molecule has 2 rings (SSSR count). The fourth-order valence-electron chi connectivity index (χ4n) is 1.68. The Balaban J connectivity index is 1.93. The lowest BCUT2D eigenvalue weighted by Gasteiger charge is -2.36. The summed E-state index contributed by atoms with van der Waals surface area (Å²) in [6.07, 6.45) is 3.37. The number of nitrogens with two attached hydrogens (primary N) is 1. The van der Waals surface area contributed by atoms with Crippen molar-refractivity contribution in [2.45, 2.75) is 6.04 Å². The van der Waals surface area contributed by atoms with Gasteiger partial charge < -0.3 is 15.4 Å². The molecule has 2 N–H and O–H groups in total. The first kappa shape index (κ1) is 11.7. The smallest absolute Gasteiger partial charge is 0.246 e. The minimum Gasteiger partial charge on any atom is -0.497 e. The number of nitrogens with zero attached hydrogens (tertiary/aromatic N) is 1. The molecule has 1 aromatic rings. The highest BCUT2D eigenvalue weighted by molar-refractivity contribution is 5.92. The third-order valence-corrected chi connectivity index (χ3v) is 2.76. The summed E-state index contributed by atoms with van der Waals surface area (Å²) in [4.78, 5) is 13.4. The maximum atomic E-state index is 11.6. The van der Waals surface area contributed by atoms with Gasteiger partial charge in [0.1, 0.15) is 5.75 Å². The van der Waals surface area contributed by atoms with Gasteiger partial charge in [-0.3, -0.25) is 4.79 Å². The molecule has 0 saturated carbocycles. The van der Waals surface area contributed by atoms with Crippen LogP contribution in [0.15, 0.2) is 30.3 Å². The van der Waals surface area contributed by atoms with Crippen LogP contribution in [0.1, 0.15) is 5.56 Å². The number of carbonyl (C=O) groups excluding carboxylic acids is 1. The van der Waals surface area contributed by atoms with Crippen LogP contribution in [0.2, 0.25) is 0 Å². The van der Waals surface area contributed by atoms with Gasteiger partial charge in [0.25, 0.3) is 0 Å². The van der Waals surface area contributed by atoms with Gasteiger partial charge in [-0.25, -0.2) is 0 Å². The SMILES string of the molecule is COc1ccc(/C=C/C(=O)N2CC(N)C2)cc1. The first-order chi connectivity index (χ1) is 8.19. The second kappa shape index (κ2) is 5.01. The van der Waals surface area contributed by atoms with E-state index in [0.29, 0.717) is 13.1 Å². The number of carbonyl (C=O) groups is 1. The van der Waals surface area contributed by atoms with Crippen molar-refractivity contribution in [3.63, 3.8) is 0 Å². The van der Waals surface area contributed by atoms with E-state index in [-0.39, 0.29) is 11.9 Å². The topological polar surface area (TPSA) is 55.6 Å². The Morgan fingerprint density at radius 1 is 1.41 bits per heavy atom. The van der Waals surface area contributed by atoms with Crippen molar-refractivity contribution >= 4 is 12.0 Å². The molecule has 0 spiro atoms. The molecule has 1 fully saturated rings. The van der Waals surface area contributed by atoms with Gasteiger partial charge in [-0.1, -0.05) is 12.1 Å². The number of rotatable bonds is 3. The predicted octanol–water partition coefficient (Wildman–Crippen LogP) is 0.878. The van der Waals surface area contributed by atoms with Crippen molar-refractivity contribution in [1.29, 1.82) is 0 Å². The van der Waals surface area contributed by atoms with Crippen LogP contribution in [0.5, 0.6) is 5.75 Å². The molecule has 1 heterocycles. The van der Waals surface area contributed by atoms with Gasteiger partial charge in [-0.15, -0.1) is 0 Å². The lowest BCUT2D eigenvalue weighted by molar-refractivity contribution is -0.130. The molecule has 1 amide bonds. The highest BCUT2D eigenvalue weighted by Crippen LogP contribution is 2.13. The maximum absolute atomic E-state index is 11.6. The standard InChI is InChI=1S/C13H16N2O2/c1-17-12-5-2-10(3-6-12)4-7-13(16)15-8-11(14)9-15/h2-7,11H,8-9,14H2,1H3/b7-4+. The molecule has 90 valence electrons. The van der Waals surface area contributed by atoms with Crippen molar-refractivity contribution in [2.24, 2.45) is 5.73 Å². The quantitative estimate of drug-likeness (QED) is 0.787. The van der Waals surface area contributed by atoms with E-state index < -0.39 is 0 Å². The fourth-order valence-corrected chi connectivity index (χ4v) is 1.68. The molecule has 17 heavy (non-hydrogen) atoms. The molecule has 0 bridgehead atoms. The van der Waals surface area contributed by atoms with E-state index in [1.807, 2.05) is 24.3 Å². The van der Waals surface area contributed by atoms with Crippen LogP contribution in [0, 0.1) is 0 Å². The van der Waals surface area contributed by atoms with Gasteiger partial charge in [0, 0.05) is 25.2 Å². The lowest BCUT2D eigenvalue weighted by Crippen LogP contribution is -2.57. The van der Waals surface area contributed by atoms with Crippen LogP contribution in [0.25, 0.3) is 6.08 Å². The van der Waals surface area contributed by atoms with Gasteiger partial charge in [0.15, 0.2) is 0 Å². The molecule has 1 aliphatic rings. The van der Waals surface area contributed by atoms with E-state index in [1.165, 1.54) is 0 Å². The first-order valence-electron chi connectivity index (χ1n) is 5.55. The largest absolute Gasteiger partial charge is 0.497 e. The van der Waals surface area contributed by atoms with Crippen molar-refractivity contribution in [3.8, 4) is 5.75 Å². The lowest BCUT2D eigenvalue weighted by atomic mass is 10.1. The number of ether oxygens (including phenoxy) is 1. The Kier molecular flexibility index (Phi) is 3.44. The Morgan fingerprint density at radius 3 is 2.59 bits per heavy atom. The summed E-state index contributed by atoms with van der Waals surface area (Å²) in [7, 11) is 1.63. The molecule has 0 radical (unpaired) electrons. The molecule has 1 saturated heterocycles. The molecule has 1 aliphatic heterocycles. The number of likely N-dealkylation sites (tertiary alicyclic amines) is 1. The molecule has 0 aromatic heterocycles. The summed E-state index contributed by atoms with van der Waals surface area (Å²) < 4.78 is 5.06. The van der Waals surface area contributed by atoms with Crippen LogP contribution in [0.3, 0.4) is 0 Å². The monoisotopic (exact) mass is 232 g/mol. The summed E-state index contributed by atoms with van der Waals surface area (Å²) in [5, 5.41) is 0. The Hall–Kier alpha value is -1.81. The summed E-state index contributed by atoms with van der Waals surface area (Å²) in [6.45, 7) is 1.32. The zero-order chi connectivity index (χ0) is 12.3. The second-order valence-electron chi connectivity index (χ2n) is 4.11. The molecular weight excluding hydrogens is 216 g/mol. The van der Waals surface area contributed by atoms with E-state index in [4.69, 9.17) is 10.5 Å². The Bertz CT molecular complexity index is 420. The number of amides is 1. The summed E-state index contributed by atoms with van der Waals surface area (Å²) in [6, 6.07) is 7.69. The van der Waals surface area contributed by atoms with E-state index >= 15 is 0 Å². The van der Waals surface area contributed by atoms with Crippen LogP contribution < -0.4 is 10.5 Å². The van der Waals surface area contributed by atoms with Crippen LogP contribution in [-0.2, 0) is 4.79 Å². The number of methoxy groups -OCH3 is 1. The van der Waals surface area contributed by atoms with Gasteiger partial charge >= 0.3 is 0 Å². The van der Waals surface area contributed by atoms with Crippen molar-refractivity contribution in [3.05, 3.63) is 35.9 Å². The average molecular weight is 232 g/mol. The molecule has 0 unspecified atom stereocenters. The second-order valence-corrected chi connectivity index (χ2v) is 4.11. The zero-order valence-corrected chi connectivity index (χ0v) is 9.80. The van der Waals surface area contributed by atoms with Crippen LogP contribution >= 0.6 is 0 Å². The molecule has 0 aliphatic carbocycles. The van der Waals surface area contributed by atoms with Crippen LogP contribution in [-0.4, -0.2) is 37.0 Å². The first-order valence-corrected chi connectivity index (χ1v) is 5.55. The van der Waals surface area contributed by atoms with Crippen LogP contribution in [0.4, 0.5) is 0 Å². The van der Waals surface area contributed by atoms with Crippen molar-refractivity contribution in [1.82, 2.24) is 4.90 Å². The number of benzene rings is 1. The summed E-state index contributed by atoms with van der Waals surface area (Å²) >= 11 is 0. The summed E-state index contributed by atoms with van der Waals surface area (Å²) in [5.74, 6) is 0.824. The van der Waals surface area contributed by atoms with Gasteiger partial charge in [-0.05, 0) is 23.8 Å². The normalized spacial score (nSPS) is 16.0. The predicted molar refractivity (Wildman–Crippen MR) is 66.6 cm³/mol. The Morgan fingerprint density at radius 2 is 2.06 bits per heavy atom. The highest BCUT2D eigenvalue weighted by Gasteiger charge is 2.25. The molecule has 1 aromatic carbocycles. The van der Waals surface area contributed by atoms with E-state index in [2.05, 4.69) is 0 Å². The molecule has 4 nitrogen and oxygen atoms in total. The molecule has 0 atom stereocenters. The zero-order valence-electron chi connectivity index (χ0n) is 9.80. The third kappa shape index (κ3) is 2.85. The van der Waals surface area contributed by atoms with Gasteiger partial charge in [0.05, 0.1) is 7.11 Å². The number of hydrogen-bond donors (Lipinski definition) is 1. The third-order valence-electron chi connectivity index (χ3n) is 2.76. The van der Waals surface area contributed by atoms with Gasteiger partial charge in [-0.2, -0.15) is 0 Å². The minimum atomic E-state index is 0.0162. The van der Waals surface area contributed by atoms with Crippen molar-refractivity contribution in [2.75, 3.05) is 20.2 Å².